The van der Waals surface area contributed by atoms with Crippen molar-refractivity contribution in [3.05, 3.63) is 0 Å². The van der Waals surface area contributed by atoms with Crippen LogP contribution in [0.3, 0.4) is 0 Å². The summed E-state index contributed by atoms with van der Waals surface area (Å²) >= 11 is 7.92. The molecule has 0 aromatic carbocycles. The van der Waals surface area contributed by atoms with Crippen LogP contribution in [-0.2, 0) is 9.47 Å². The molecule has 5 atom stereocenters. The van der Waals surface area contributed by atoms with Crippen LogP contribution in [0, 0.1) is 0 Å². The van der Waals surface area contributed by atoms with Gasteiger partial charge in [-0.25, -0.2) is 0 Å². The Labute approximate surface area is 99.2 Å². The molecule has 1 aliphatic heterocycles. The fraction of sp³-hybridized carbons (Fsp3) is 1.00. The molecule has 90 valence electrons. The molecule has 0 radical (unpaired) electrons. The lowest BCUT2D eigenvalue weighted by atomic mass is 10.00. The molecule has 0 aliphatic carbocycles. The lowest BCUT2D eigenvalue weighted by Crippen LogP contribution is -2.58. The second kappa shape index (κ2) is 6.29. The highest BCUT2D eigenvalue weighted by Crippen LogP contribution is 2.22. The zero-order valence-electron chi connectivity index (χ0n) is 8.06. The third-order valence-electron chi connectivity index (χ3n) is 2.22. The molecular formula is C8H16O5S2. The minimum absolute atomic E-state index is 0.242. The molecule has 7 heteroatoms. The van der Waals surface area contributed by atoms with Gasteiger partial charge in [-0.05, 0) is 0 Å². The van der Waals surface area contributed by atoms with Gasteiger partial charge in [0, 0.05) is 11.5 Å². The van der Waals surface area contributed by atoms with Crippen molar-refractivity contribution in [2.75, 3.05) is 18.1 Å². The maximum atomic E-state index is 9.54. The zero-order valence-corrected chi connectivity index (χ0v) is 9.85. The summed E-state index contributed by atoms with van der Waals surface area (Å²) in [7, 11) is 0. The van der Waals surface area contributed by atoms with Crippen molar-refractivity contribution in [1.82, 2.24) is 0 Å². The van der Waals surface area contributed by atoms with Gasteiger partial charge in [-0.3, -0.25) is 0 Å². The summed E-state index contributed by atoms with van der Waals surface area (Å²) in [6, 6.07) is 0. The fourth-order valence-electron chi connectivity index (χ4n) is 1.37. The van der Waals surface area contributed by atoms with E-state index in [-0.39, 0.29) is 5.75 Å². The van der Waals surface area contributed by atoms with E-state index in [2.05, 4.69) is 25.3 Å². The summed E-state index contributed by atoms with van der Waals surface area (Å²) in [4.78, 5) is 0. The van der Waals surface area contributed by atoms with E-state index in [0.717, 1.165) is 0 Å². The second-order valence-corrected chi connectivity index (χ2v) is 4.10. The predicted octanol–water partition coefficient (Wildman–Crippen LogP) is -1.33. The molecule has 0 saturated carbocycles. The number of hydrogen-bond acceptors (Lipinski definition) is 7. The number of hydrogen-bond donors (Lipinski definition) is 5. The SMILES string of the molecule is O[C@H]1[C@@H](O)[C@@H](CS)O[C@H](OCCS)[C@@H]1O. The molecule has 1 saturated heterocycles. The van der Waals surface area contributed by atoms with Gasteiger partial charge in [0.15, 0.2) is 6.29 Å². The van der Waals surface area contributed by atoms with E-state index >= 15 is 0 Å². The Morgan fingerprint density at radius 1 is 1.07 bits per heavy atom. The average Bonchev–Trinajstić information content (AvgIpc) is 2.25. The molecule has 0 spiro atoms. The van der Waals surface area contributed by atoms with Crippen molar-refractivity contribution in [3.63, 3.8) is 0 Å². The van der Waals surface area contributed by atoms with Gasteiger partial charge < -0.3 is 24.8 Å². The highest BCUT2D eigenvalue weighted by Gasteiger charge is 2.43. The largest absolute Gasteiger partial charge is 0.388 e. The number of thiol groups is 2. The Kier molecular flexibility index (Phi) is 5.69. The molecule has 1 fully saturated rings. The summed E-state index contributed by atoms with van der Waals surface area (Å²) in [5, 5.41) is 28.5. The van der Waals surface area contributed by atoms with Crippen LogP contribution < -0.4 is 0 Å². The van der Waals surface area contributed by atoms with Crippen molar-refractivity contribution in [2.24, 2.45) is 0 Å². The number of aliphatic hydroxyl groups is 3. The van der Waals surface area contributed by atoms with Gasteiger partial charge in [0.25, 0.3) is 0 Å². The Morgan fingerprint density at radius 3 is 2.27 bits per heavy atom. The van der Waals surface area contributed by atoms with Crippen LogP contribution >= 0.6 is 25.3 Å². The van der Waals surface area contributed by atoms with Gasteiger partial charge >= 0.3 is 0 Å². The van der Waals surface area contributed by atoms with Crippen molar-refractivity contribution < 1.29 is 24.8 Å². The summed E-state index contributed by atoms with van der Waals surface area (Å²) in [6.07, 6.45) is -5.26. The molecule has 5 nitrogen and oxygen atoms in total. The monoisotopic (exact) mass is 256 g/mol. The summed E-state index contributed by atoms with van der Waals surface area (Å²) < 4.78 is 10.4. The second-order valence-electron chi connectivity index (χ2n) is 3.29. The highest BCUT2D eigenvalue weighted by atomic mass is 32.1. The van der Waals surface area contributed by atoms with Gasteiger partial charge in [-0.2, -0.15) is 25.3 Å². The molecule has 0 aromatic heterocycles. The molecule has 0 aromatic rings. The third kappa shape index (κ3) is 3.23. The van der Waals surface area contributed by atoms with Gasteiger partial charge in [-0.15, -0.1) is 0 Å². The third-order valence-corrected chi connectivity index (χ3v) is 2.76. The maximum Gasteiger partial charge on any atom is 0.186 e. The van der Waals surface area contributed by atoms with Crippen molar-refractivity contribution in [2.45, 2.75) is 30.7 Å². The Morgan fingerprint density at radius 2 is 1.73 bits per heavy atom. The van der Waals surface area contributed by atoms with Crippen LogP contribution in [0.4, 0.5) is 0 Å². The first-order valence-electron chi connectivity index (χ1n) is 4.64. The van der Waals surface area contributed by atoms with Crippen molar-refractivity contribution in [3.8, 4) is 0 Å². The van der Waals surface area contributed by atoms with E-state index in [1.165, 1.54) is 0 Å². The average molecular weight is 256 g/mol. The van der Waals surface area contributed by atoms with Crippen LogP contribution in [0.25, 0.3) is 0 Å². The summed E-state index contributed by atoms with van der Waals surface area (Å²) in [5.41, 5.74) is 0. The molecule has 3 N–H and O–H groups in total. The zero-order chi connectivity index (χ0) is 11.4. The molecular weight excluding hydrogens is 240 g/mol. The quantitative estimate of drug-likeness (QED) is 0.403. The first-order chi connectivity index (χ1) is 7.11. The van der Waals surface area contributed by atoms with E-state index in [1.54, 1.807) is 0 Å². The van der Waals surface area contributed by atoms with Crippen LogP contribution in [0.1, 0.15) is 0 Å². The lowest BCUT2D eigenvalue weighted by Gasteiger charge is -2.39. The first kappa shape index (κ1) is 13.6. The standard InChI is InChI=1S/C8H16O5S2/c9-5-4(3-15)13-8(12-1-2-14)7(11)6(5)10/h4-11,14-15H,1-3H2/t4-,5+,6+,7-,8+/m1/s1. The summed E-state index contributed by atoms with van der Waals surface area (Å²) in [5.74, 6) is 0.725. The van der Waals surface area contributed by atoms with E-state index in [0.29, 0.717) is 12.4 Å². The molecule has 0 unspecified atom stereocenters. The van der Waals surface area contributed by atoms with E-state index in [9.17, 15) is 15.3 Å². The maximum absolute atomic E-state index is 9.54. The van der Waals surface area contributed by atoms with Gasteiger partial charge in [0.1, 0.15) is 18.3 Å². The molecule has 1 rings (SSSR count). The minimum Gasteiger partial charge on any atom is -0.388 e. The van der Waals surface area contributed by atoms with Crippen LogP contribution in [0.15, 0.2) is 0 Å². The highest BCUT2D eigenvalue weighted by molar-refractivity contribution is 7.80. The summed E-state index contributed by atoms with van der Waals surface area (Å²) in [6.45, 7) is 0.299. The van der Waals surface area contributed by atoms with Gasteiger partial charge in [0.05, 0.1) is 12.7 Å². The normalized spacial score (nSPS) is 41.8. The van der Waals surface area contributed by atoms with Crippen LogP contribution in [-0.4, -0.2) is 64.1 Å². The van der Waals surface area contributed by atoms with Gasteiger partial charge in [-0.1, -0.05) is 0 Å². The molecule has 1 heterocycles. The smallest absolute Gasteiger partial charge is 0.186 e. The molecule has 0 amide bonds. The van der Waals surface area contributed by atoms with E-state index in [1.807, 2.05) is 0 Å². The molecule has 0 bridgehead atoms. The first-order valence-corrected chi connectivity index (χ1v) is 5.91. The Bertz CT molecular complexity index is 192. The predicted molar refractivity (Wildman–Crippen MR) is 60.3 cm³/mol. The Hall–Kier alpha value is 0.500. The number of ether oxygens (including phenoxy) is 2. The van der Waals surface area contributed by atoms with Crippen molar-refractivity contribution >= 4 is 25.3 Å². The minimum atomic E-state index is -1.28. The van der Waals surface area contributed by atoms with Gasteiger partial charge in [0.2, 0.25) is 0 Å². The Balaban J connectivity index is 2.57. The van der Waals surface area contributed by atoms with Crippen molar-refractivity contribution in [1.29, 1.82) is 0 Å². The fourth-order valence-corrected chi connectivity index (χ4v) is 1.78. The van der Waals surface area contributed by atoms with Crippen LogP contribution in [0.2, 0.25) is 0 Å². The molecule has 15 heavy (non-hydrogen) atoms. The van der Waals surface area contributed by atoms with E-state index < -0.39 is 30.7 Å². The topological polar surface area (TPSA) is 79.2 Å². The number of aliphatic hydroxyl groups excluding tert-OH is 3. The molecule has 1 aliphatic rings. The van der Waals surface area contributed by atoms with Crippen LogP contribution in [0.5, 0.6) is 0 Å². The van der Waals surface area contributed by atoms with E-state index in [4.69, 9.17) is 9.47 Å². The number of rotatable bonds is 4. The lowest BCUT2D eigenvalue weighted by molar-refractivity contribution is -0.290.